The van der Waals surface area contributed by atoms with Crippen LogP contribution in [0, 0.1) is 25.2 Å². The molecule has 0 aromatic carbocycles. The van der Waals surface area contributed by atoms with E-state index < -0.39 is 11.6 Å². The zero-order valence-corrected chi connectivity index (χ0v) is 23.4. The minimum Gasteiger partial charge on any atom is -0.512 e. The third-order valence-electron chi connectivity index (χ3n) is 8.34. The molecule has 3 aliphatic rings. The molecule has 0 spiro atoms. The van der Waals surface area contributed by atoms with Gasteiger partial charge < -0.3 is 9.84 Å². The number of esters is 1. The molecule has 1 aliphatic heterocycles. The summed E-state index contributed by atoms with van der Waals surface area (Å²) in [6.07, 6.45) is 16.1. The molecule has 1 unspecified atom stereocenters. The van der Waals surface area contributed by atoms with Crippen molar-refractivity contribution in [3.63, 3.8) is 0 Å². The number of hydrogen-bond donors (Lipinski definition) is 1. The van der Waals surface area contributed by atoms with E-state index in [1.807, 2.05) is 19.9 Å². The van der Waals surface area contributed by atoms with Crippen LogP contribution < -0.4 is 0 Å². The minimum absolute atomic E-state index is 0.0645. The van der Waals surface area contributed by atoms with E-state index in [9.17, 15) is 9.90 Å². The number of aromatic nitrogens is 4. The van der Waals surface area contributed by atoms with Crippen molar-refractivity contribution in [1.29, 1.82) is 0 Å². The van der Waals surface area contributed by atoms with Crippen LogP contribution in [0.25, 0.3) is 5.78 Å². The van der Waals surface area contributed by atoms with Crippen LogP contribution in [-0.4, -0.2) is 36.3 Å². The molecule has 3 heterocycles. The van der Waals surface area contributed by atoms with Crippen LogP contribution in [0.2, 0.25) is 0 Å². The Morgan fingerprint density at radius 1 is 1.18 bits per heavy atom. The van der Waals surface area contributed by atoms with Gasteiger partial charge in [0.05, 0.1) is 5.57 Å². The van der Waals surface area contributed by atoms with Crippen molar-refractivity contribution in [3.8, 4) is 0 Å². The number of allylic oxidation sites excluding steroid dienone is 6. The van der Waals surface area contributed by atoms with Crippen LogP contribution in [0.5, 0.6) is 0 Å². The van der Waals surface area contributed by atoms with Gasteiger partial charge in [0.15, 0.2) is 5.82 Å². The highest BCUT2D eigenvalue weighted by Crippen LogP contribution is 2.47. The number of aliphatic hydroxyl groups is 1. The summed E-state index contributed by atoms with van der Waals surface area (Å²) in [7, 11) is 0. The number of rotatable bonds is 6. The molecule has 1 N–H and O–H groups in total. The van der Waals surface area contributed by atoms with Crippen molar-refractivity contribution in [1.82, 2.24) is 19.6 Å². The molecule has 0 bridgehead atoms. The fourth-order valence-corrected chi connectivity index (χ4v) is 6.16. The van der Waals surface area contributed by atoms with Gasteiger partial charge in [0.1, 0.15) is 11.4 Å². The van der Waals surface area contributed by atoms with Crippen LogP contribution in [0.3, 0.4) is 0 Å². The predicted octanol–water partition coefficient (Wildman–Crippen LogP) is 6.61. The molecule has 1 fully saturated rings. The van der Waals surface area contributed by atoms with Gasteiger partial charge in [-0.25, -0.2) is 14.3 Å². The van der Waals surface area contributed by atoms with E-state index in [1.165, 1.54) is 11.1 Å². The van der Waals surface area contributed by atoms with E-state index in [1.54, 1.807) is 4.52 Å². The van der Waals surface area contributed by atoms with E-state index in [4.69, 9.17) is 4.74 Å². The van der Waals surface area contributed by atoms with Gasteiger partial charge in [-0.3, -0.25) is 0 Å². The number of nitrogens with zero attached hydrogens (tertiary/aromatic N) is 4. The van der Waals surface area contributed by atoms with Crippen molar-refractivity contribution in [2.45, 2.75) is 98.0 Å². The Balaban J connectivity index is 1.39. The topological polar surface area (TPSA) is 89.6 Å². The van der Waals surface area contributed by atoms with Gasteiger partial charge in [-0.05, 0) is 68.9 Å². The fourth-order valence-electron chi connectivity index (χ4n) is 6.16. The molecule has 0 radical (unpaired) electrons. The van der Waals surface area contributed by atoms with Crippen molar-refractivity contribution in [2.24, 2.45) is 11.3 Å². The van der Waals surface area contributed by atoms with Crippen molar-refractivity contribution in [3.05, 3.63) is 70.1 Å². The highest BCUT2D eigenvalue weighted by molar-refractivity contribution is 5.90. The minimum atomic E-state index is -0.675. The zero-order chi connectivity index (χ0) is 27.1. The van der Waals surface area contributed by atoms with Gasteiger partial charge in [0, 0.05) is 24.2 Å². The lowest BCUT2D eigenvalue weighted by Gasteiger charge is -2.42. The zero-order valence-electron chi connectivity index (χ0n) is 23.4. The normalized spacial score (nSPS) is 23.0. The third-order valence-corrected chi connectivity index (χ3v) is 8.34. The SMILES string of the molecule is Cc1cc(C)n2nc(CC3=C(O)CC(CCC4=CC(C(C)(C)C)=CC=CC4)(C4CCCC4)OC3=O)nc2n1. The molecule has 2 aromatic heterocycles. The number of fused-ring (bicyclic) bond motifs is 1. The number of cyclic esters (lactones) is 1. The number of hydrogen-bond acceptors (Lipinski definition) is 6. The molecule has 0 saturated heterocycles. The molecule has 202 valence electrons. The Bertz CT molecular complexity index is 1370. The van der Waals surface area contributed by atoms with Crippen LogP contribution in [0.1, 0.15) is 89.4 Å². The number of aliphatic hydroxyl groups excluding tert-OH is 1. The van der Waals surface area contributed by atoms with Crippen molar-refractivity contribution in [2.75, 3.05) is 0 Å². The largest absolute Gasteiger partial charge is 0.512 e. The smallest absolute Gasteiger partial charge is 0.338 e. The molecule has 2 aliphatic carbocycles. The summed E-state index contributed by atoms with van der Waals surface area (Å²) in [5.41, 5.74) is 4.08. The van der Waals surface area contributed by atoms with Crippen molar-refractivity contribution >= 4 is 11.7 Å². The van der Waals surface area contributed by atoms with Gasteiger partial charge in [-0.1, -0.05) is 63.5 Å². The van der Waals surface area contributed by atoms with Gasteiger partial charge in [-0.15, -0.1) is 5.10 Å². The molecule has 1 saturated carbocycles. The molecule has 5 rings (SSSR count). The first-order chi connectivity index (χ1) is 18.0. The number of ether oxygens (including phenoxy) is 1. The number of carbonyl (C=O) groups is 1. The van der Waals surface area contributed by atoms with E-state index in [2.05, 4.69) is 60.1 Å². The highest BCUT2D eigenvalue weighted by atomic mass is 16.6. The molecule has 1 atom stereocenters. The molecule has 7 nitrogen and oxygen atoms in total. The van der Waals surface area contributed by atoms with Gasteiger partial charge in [-0.2, -0.15) is 4.98 Å². The first-order valence-corrected chi connectivity index (χ1v) is 13.9. The Labute approximate surface area is 225 Å². The molecule has 2 aromatic rings. The summed E-state index contributed by atoms with van der Waals surface area (Å²) in [6, 6.07) is 1.94. The monoisotopic (exact) mass is 516 g/mol. The highest BCUT2D eigenvalue weighted by Gasteiger charge is 2.48. The Morgan fingerprint density at radius 3 is 2.66 bits per heavy atom. The van der Waals surface area contributed by atoms with E-state index >= 15 is 0 Å². The lowest BCUT2D eigenvalue weighted by atomic mass is 9.75. The summed E-state index contributed by atoms with van der Waals surface area (Å²) in [5, 5.41) is 15.8. The second-order valence-electron chi connectivity index (χ2n) is 12.3. The summed E-state index contributed by atoms with van der Waals surface area (Å²) in [6.45, 7) is 10.6. The third kappa shape index (κ3) is 5.33. The average molecular weight is 517 g/mol. The molecule has 7 heteroatoms. The fraction of sp³-hybridized carbons (Fsp3) is 0.548. The van der Waals surface area contributed by atoms with Gasteiger partial charge in [0.2, 0.25) is 0 Å². The van der Waals surface area contributed by atoms with Crippen LogP contribution >= 0.6 is 0 Å². The lowest BCUT2D eigenvalue weighted by molar-refractivity contribution is -0.167. The maximum absolute atomic E-state index is 13.5. The number of carbonyl (C=O) groups excluding carboxylic acids is 1. The average Bonchev–Trinajstić information content (AvgIpc) is 3.45. The summed E-state index contributed by atoms with van der Waals surface area (Å²) in [5.74, 6) is 0.896. The summed E-state index contributed by atoms with van der Waals surface area (Å²) in [4.78, 5) is 22.4. The predicted molar refractivity (Wildman–Crippen MR) is 148 cm³/mol. The van der Waals surface area contributed by atoms with Crippen LogP contribution in [0.4, 0.5) is 0 Å². The Hall–Kier alpha value is -3.22. The standard InChI is InChI=1S/C31H40N4O3/c1-20-16-21(2)35-29(32-20)33-27(34-35)18-25-26(36)19-31(38-28(25)37,23-11-8-9-12-23)15-14-22-10-6-7-13-24(17-22)30(3,4)5/h6-7,13,16-17,23,36H,8-12,14-15,18-19H2,1-5H3. The first-order valence-electron chi connectivity index (χ1n) is 13.9. The quantitative estimate of drug-likeness (QED) is 0.435. The Morgan fingerprint density at radius 2 is 1.95 bits per heavy atom. The molecular weight excluding hydrogens is 476 g/mol. The summed E-state index contributed by atoms with van der Waals surface area (Å²) >= 11 is 0. The molecule has 0 amide bonds. The maximum Gasteiger partial charge on any atom is 0.338 e. The lowest BCUT2D eigenvalue weighted by Crippen LogP contribution is -2.46. The second kappa shape index (κ2) is 10.2. The van der Waals surface area contributed by atoms with Crippen LogP contribution in [-0.2, 0) is 16.0 Å². The maximum atomic E-state index is 13.5. The van der Waals surface area contributed by atoms with Crippen LogP contribution in [0.15, 0.2) is 52.8 Å². The molecular formula is C31H40N4O3. The Kier molecular flexibility index (Phi) is 7.05. The van der Waals surface area contributed by atoms with Gasteiger partial charge in [0.25, 0.3) is 5.78 Å². The second-order valence-corrected chi connectivity index (χ2v) is 12.3. The van der Waals surface area contributed by atoms with E-state index in [0.29, 0.717) is 24.4 Å². The summed E-state index contributed by atoms with van der Waals surface area (Å²) < 4.78 is 8.02. The van der Waals surface area contributed by atoms with E-state index in [-0.39, 0.29) is 29.1 Å². The van der Waals surface area contributed by atoms with Gasteiger partial charge >= 0.3 is 5.97 Å². The van der Waals surface area contributed by atoms with E-state index in [0.717, 1.165) is 49.9 Å². The number of aryl methyl sites for hydroxylation is 2. The molecule has 38 heavy (non-hydrogen) atoms. The first kappa shape index (κ1) is 26.4. The van der Waals surface area contributed by atoms with Crippen molar-refractivity contribution < 1.29 is 14.6 Å².